The van der Waals surface area contributed by atoms with E-state index in [-0.39, 0.29) is 6.04 Å². The molecule has 15 heavy (non-hydrogen) atoms. The van der Waals surface area contributed by atoms with E-state index in [1.54, 1.807) is 17.5 Å². The Kier molecular flexibility index (Phi) is 3.56. The number of nitrogens with one attached hydrogen (secondary N) is 2. The van der Waals surface area contributed by atoms with Gasteiger partial charge in [-0.1, -0.05) is 6.92 Å². The molecule has 0 radical (unpaired) electrons. The highest BCUT2D eigenvalue weighted by atomic mass is 79.9. The van der Waals surface area contributed by atoms with Gasteiger partial charge in [0, 0.05) is 21.7 Å². The molecular formula is C10H12BrN3S. The lowest BCUT2D eigenvalue weighted by molar-refractivity contribution is 0.610. The molecule has 0 bridgehead atoms. The monoisotopic (exact) mass is 285 g/mol. The van der Waals surface area contributed by atoms with Crippen LogP contribution in [0.2, 0.25) is 0 Å². The van der Waals surface area contributed by atoms with E-state index < -0.39 is 0 Å². The van der Waals surface area contributed by atoms with Crippen LogP contribution in [0.25, 0.3) is 0 Å². The highest BCUT2D eigenvalue weighted by Gasteiger charge is 2.18. The molecule has 80 valence electrons. The number of hydrogen-bond acceptors (Lipinski definition) is 3. The Labute approximate surface area is 101 Å². The van der Waals surface area contributed by atoms with Gasteiger partial charge in [-0.15, -0.1) is 11.3 Å². The highest BCUT2D eigenvalue weighted by molar-refractivity contribution is 9.10. The van der Waals surface area contributed by atoms with Crippen molar-refractivity contribution in [3.63, 3.8) is 0 Å². The molecule has 1 unspecified atom stereocenters. The molecular weight excluding hydrogens is 274 g/mol. The number of imidazole rings is 1. The molecule has 0 amide bonds. The normalized spacial score (nSPS) is 12.9. The Hall–Kier alpha value is -0.650. The third kappa shape index (κ3) is 2.30. The van der Waals surface area contributed by atoms with Gasteiger partial charge in [0.05, 0.1) is 0 Å². The Bertz CT molecular complexity index is 410. The highest BCUT2D eigenvalue weighted by Crippen LogP contribution is 2.31. The molecule has 3 nitrogen and oxygen atoms in total. The van der Waals surface area contributed by atoms with Crippen LogP contribution in [0.3, 0.4) is 0 Å². The van der Waals surface area contributed by atoms with E-state index in [1.165, 1.54) is 4.88 Å². The van der Waals surface area contributed by atoms with Crippen molar-refractivity contribution in [2.75, 3.05) is 6.54 Å². The SMILES string of the molecule is CCNC(c1ncc[nH]1)c1sccc1Br. The minimum atomic E-state index is 0.152. The fourth-order valence-electron chi connectivity index (χ4n) is 1.46. The quantitative estimate of drug-likeness (QED) is 0.907. The summed E-state index contributed by atoms with van der Waals surface area (Å²) in [5, 5.41) is 5.49. The number of halogens is 1. The van der Waals surface area contributed by atoms with Crippen molar-refractivity contribution in [3.05, 3.63) is 39.0 Å². The molecule has 0 fully saturated rings. The zero-order valence-corrected chi connectivity index (χ0v) is 10.7. The molecule has 2 N–H and O–H groups in total. The summed E-state index contributed by atoms with van der Waals surface area (Å²) in [6.07, 6.45) is 3.63. The average Bonchev–Trinajstić information content (AvgIpc) is 2.85. The van der Waals surface area contributed by atoms with Gasteiger partial charge in [0.2, 0.25) is 0 Å². The molecule has 2 heterocycles. The van der Waals surface area contributed by atoms with E-state index in [4.69, 9.17) is 0 Å². The van der Waals surface area contributed by atoms with Gasteiger partial charge in [-0.05, 0) is 33.9 Å². The molecule has 2 aromatic heterocycles. The van der Waals surface area contributed by atoms with Crippen LogP contribution in [-0.4, -0.2) is 16.5 Å². The summed E-state index contributed by atoms with van der Waals surface area (Å²) in [5.41, 5.74) is 0. The van der Waals surface area contributed by atoms with Gasteiger partial charge in [0.25, 0.3) is 0 Å². The molecule has 5 heteroatoms. The van der Waals surface area contributed by atoms with E-state index in [9.17, 15) is 0 Å². The van der Waals surface area contributed by atoms with Crippen molar-refractivity contribution in [1.82, 2.24) is 15.3 Å². The molecule has 0 saturated heterocycles. The number of nitrogens with zero attached hydrogens (tertiary/aromatic N) is 1. The molecule has 0 spiro atoms. The second-order valence-corrected chi connectivity index (χ2v) is 4.90. The number of H-pyrrole nitrogens is 1. The molecule has 1 atom stereocenters. The van der Waals surface area contributed by atoms with Gasteiger partial charge < -0.3 is 10.3 Å². The lowest BCUT2D eigenvalue weighted by Gasteiger charge is -2.14. The van der Waals surface area contributed by atoms with Crippen LogP contribution in [0.5, 0.6) is 0 Å². The van der Waals surface area contributed by atoms with Crippen LogP contribution in [0.15, 0.2) is 28.3 Å². The average molecular weight is 286 g/mol. The van der Waals surface area contributed by atoms with Crippen molar-refractivity contribution in [2.24, 2.45) is 0 Å². The predicted octanol–water partition coefficient (Wildman–Crippen LogP) is 2.93. The summed E-state index contributed by atoms with van der Waals surface area (Å²) in [7, 11) is 0. The number of aromatic nitrogens is 2. The standard InChI is InChI=1S/C10H12BrN3S/c1-2-12-8(10-13-4-5-14-10)9-7(11)3-6-15-9/h3-6,8,12H,2H2,1H3,(H,13,14). The molecule has 0 aliphatic carbocycles. The second kappa shape index (κ2) is 4.92. The predicted molar refractivity (Wildman–Crippen MR) is 66.1 cm³/mol. The maximum absolute atomic E-state index is 4.30. The van der Waals surface area contributed by atoms with Crippen molar-refractivity contribution >= 4 is 27.3 Å². The Morgan fingerprint density at radius 3 is 3.07 bits per heavy atom. The maximum atomic E-state index is 4.30. The van der Waals surface area contributed by atoms with Crippen LogP contribution in [-0.2, 0) is 0 Å². The zero-order chi connectivity index (χ0) is 10.7. The smallest absolute Gasteiger partial charge is 0.128 e. The van der Waals surface area contributed by atoms with Gasteiger partial charge in [0.1, 0.15) is 11.9 Å². The first-order valence-electron chi connectivity index (χ1n) is 4.78. The third-order valence-electron chi connectivity index (χ3n) is 2.11. The number of hydrogen-bond donors (Lipinski definition) is 2. The summed E-state index contributed by atoms with van der Waals surface area (Å²) in [6.45, 7) is 3.01. The molecule has 2 aromatic rings. The van der Waals surface area contributed by atoms with Crippen LogP contribution < -0.4 is 5.32 Å². The van der Waals surface area contributed by atoms with Crippen LogP contribution in [0.4, 0.5) is 0 Å². The third-order valence-corrected chi connectivity index (χ3v) is 4.04. The van der Waals surface area contributed by atoms with E-state index in [0.717, 1.165) is 16.8 Å². The minimum absolute atomic E-state index is 0.152. The summed E-state index contributed by atoms with van der Waals surface area (Å²) in [4.78, 5) is 8.71. The van der Waals surface area contributed by atoms with Crippen LogP contribution in [0.1, 0.15) is 23.7 Å². The lowest BCUT2D eigenvalue weighted by atomic mass is 10.2. The van der Waals surface area contributed by atoms with E-state index in [1.807, 2.05) is 6.20 Å². The molecule has 0 aromatic carbocycles. The first kappa shape index (κ1) is 10.9. The van der Waals surface area contributed by atoms with Crippen molar-refractivity contribution in [2.45, 2.75) is 13.0 Å². The molecule has 0 aliphatic rings. The molecule has 0 aliphatic heterocycles. The topological polar surface area (TPSA) is 40.7 Å². The van der Waals surface area contributed by atoms with Crippen molar-refractivity contribution < 1.29 is 0 Å². The lowest BCUT2D eigenvalue weighted by Crippen LogP contribution is -2.22. The Morgan fingerprint density at radius 2 is 2.53 bits per heavy atom. The van der Waals surface area contributed by atoms with Gasteiger partial charge in [-0.2, -0.15) is 0 Å². The number of thiophene rings is 1. The maximum Gasteiger partial charge on any atom is 0.128 e. The number of aromatic amines is 1. The first-order chi connectivity index (χ1) is 7.33. The first-order valence-corrected chi connectivity index (χ1v) is 6.45. The fourth-order valence-corrected chi connectivity index (χ4v) is 3.14. The number of rotatable bonds is 4. The summed E-state index contributed by atoms with van der Waals surface area (Å²) >= 11 is 5.28. The zero-order valence-electron chi connectivity index (χ0n) is 8.33. The summed E-state index contributed by atoms with van der Waals surface area (Å²) in [5.74, 6) is 0.958. The minimum Gasteiger partial charge on any atom is -0.347 e. The summed E-state index contributed by atoms with van der Waals surface area (Å²) in [6, 6.07) is 2.21. The van der Waals surface area contributed by atoms with E-state index >= 15 is 0 Å². The van der Waals surface area contributed by atoms with Crippen molar-refractivity contribution in [3.8, 4) is 0 Å². The molecule has 0 saturated carbocycles. The Balaban J connectivity index is 2.32. The van der Waals surface area contributed by atoms with Crippen LogP contribution in [0, 0.1) is 0 Å². The largest absolute Gasteiger partial charge is 0.347 e. The second-order valence-electron chi connectivity index (χ2n) is 3.10. The van der Waals surface area contributed by atoms with Gasteiger partial charge in [0.15, 0.2) is 0 Å². The summed E-state index contributed by atoms with van der Waals surface area (Å²) < 4.78 is 1.13. The van der Waals surface area contributed by atoms with Gasteiger partial charge in [-0.25, -0.2) is 4.98 Å². The van der Waals surface area contributed by atoms with Crippen molar-refractivity contribution in [1.29, 1.82) is 0 Å². The van der Waals surface area contributed by atoms with E-state index in [2.05, 4.69) is 49.6 Å². The Morgan fingerprint density at radius 1 is 1.67 bits per heavy atom. The fraction of sp³-hybridized carbons (Fsp3) is 0.300. The van der Waals surface area contributed by atoms with Crippen LogP contribution >= 0.6 is 27.3 Å². The van der Waals surface area contributed by atoms with Gasteiger partial charge in [-0.3, -0.25) is 0 Å². The van der Waals surface area contributed by atoms with Gasteiger partial charge >= 0.3 is 0 Å². The van der Waals surface area contributed by atoms with E-state index in [0.29, 0.717) is 0 Å². The molecule has 2 rings (SSSR count).